The van der Waals surface area contributed by atoms with Crippen molar-refractivity contribution in [1.82, 2.24) is 9.55 Å². The van der Waals surface area contributed by atoms with Crippen LogP contribution in [-0.2, 0) is 16.1 Å². The van der Waals surface area contributed by atoms with Crippen LogP contribution in [0.1, 0.15) is 12.8 Å². The lowest BCUT2D eigenvalue weighted by Gasteiger charge is -2.20. The predicted molar refractivity (Wildman–Crippen MR) is 126 cm³/mol. The third kappa shape index (κ3) is 4.11. The van der Waals surface area contributed by atoms with E-state index >= 15 is 0 Å². The van der Waals surface area contributed by atoms with Gasteiger partial charge < -0.3 is 15.0 Å². The van der Waals surface area contributed by atoms with Crippen molar-refractivity contribution in [1.29, 1.82) is 0 Å². The highest BCUT2D eigenvalue weighted by Gasteiger charge is 2.32. The summed E-state index contributed by atoms with van der Waals surface area (Å²) in [6.07, 6.45) is 0.0898. The molecule has 0 saturated carbocycles. The molecule has 2 N–H and O–H groups in total. The summed E-state index contributed by atoms with van der Waals surface area (Å²) in [7, 11) is 0. The first-order valence-electron chi connectivity index (χ1n) is 10.4. The van der Waals surface area contributed by atoms with Crippen molar-refractivity contribution in [3.63, 3.8) is 0 Å². The minimum absolute atomic E-state index is 0.0771. The van der Waals surface area contributed by atoms with E-state index in [4.69, 9.17) is 16.3 Å². The molecule has 5 rings (SSSR count). The molecule has 3 aromatic rings. The number of nitrogens with zero attached hydrogens (tertiary/aromatic N) is 2. The quantitative estimate of drug-likeness (QED) is 0.572. The lowest BCUT2D eigenvalue weighted by molar-refractivity contribution is -0.113. The topological polar surface area (TPSA) is 114 Å². The molecular formula is C22H19ClN4O5S. The molecule has 2 aliphatic rings. The Hall–Kier alpha value is -3.24. The molecular weight excluding hydrogens is 468 g/mol. The maximum Gasteiger partial charge on any atom is 0.414 e. The number of halogens is 1. The summed E-state index contributed by atoms with van der Waals surface area (Å²) in [6, 6.07) is 10.4. The monoisotopic (exact) mass is 486 g/mol. The van der Waals surface area contributed by atoms with E-state index in [1.54, 1.807) is 24.3 Å². The summed E-state index contributed by atoms with van der Waals surface area (Å²) < 4.78 is 6.60. The van der Waals surface area contributed by atoms with Gasteiger partial charge in [0.25, 0.3) is 5.56 Å². The van der Waals surface area contributed by atoms with Crippen molar-refractivity contribution in [2.75, 3.05) is 22.5 Å². The molecule has 33 heavy (non-hydrogen) atoms. The number of rotatable bonds is 5. The van der Waals surface area contributed by atoms with Crippen LogP contribution in [0.2, 0.25) is 5.02 Å². The number of anilines is 2. The first kappa shape index (κ1) is 21.6. The van der Waals surface area contributed by atoms with Crippen molar-refractivity contribution in [3.05, 3.63) is 62.3 Å². The van der Waals surface area contributed by atoms with Crippen LogP contribution < -0.4 is 21.5 Å². The molecule has 0 radical (unpaired) electrons. The van der Waals surface area contributed by atoms with Gasteiger partial charge in [-0.15, -0.1) is 11.8 Å². The first-order valence-corrected chi connectivity index (χ1v) is 11.7. The second-order valence-corrected chi connectivity index (χ2v) is 9.25. The number of cyclic esters (lactones) is 1. The van der Waals surface area contributed by atoms with Gasteiger partial charge in [0.1, 0.15) is 6.10 Å². The van der Waals surface area contributed by atoms with Gasteiger partial charge in [0.15, 0.2) is 0 Å². The molecule has 2 amide bonds. The second kappa shape index (κ2) is 8.60. The van der Waals surface area contributed by atoms with Crippen molar-refractivity contribution < 1.29 is 14.3 Å². The molecule has 3 heterocycles. The maximum atomic E-state index is 12.8. The molecule has 1 atom stereocenters. The van der Waals surface area contributed by atoms with Crippen molar-refractivity contribution in [3.8, 4) is 0 Å². The summed E-state index contributed by atoms with van der Waals surface area (Å²) in [6.45, 7) is 0.513. The normalized spacial score (nSPS) is 17.7. The molecule has 1 aromatic heterocycles. The minimum atomic E-state index is -0.506. The fourth-order valence-corrected chi connectivity index (χ4v) is 5.10. The Labute approximate surface area is 196 Å². The molecule has 9 nitrogen and oxygen atoms in total. The zero-order valence-corrected chi connectivity index (χ0v) is 18.9. The van der Waals surface area contributed by atoms with Crippen molar-refractivity contribution >= 4 is 57.6 Å². The summed E-state index contributed by atoms with van der Waals surface area (Å²) in [5.41, 5.74) is 0.764. The smallest absolute Gasteiger partial charge is 0.414 e. The third-order valence-corrected chi connectivity index (χ3v) is 7.04. The number of fused-ring (bicyclic) bond motifs is 2. The molecule has 2 aliphatic heterocycles. The number of carbonyl (C=O) groups excluding carboxylic acids is 2. The van der Waals surface area contributed by atoms with Crippen molar-refractivity contribution in [2.45, 2.75) is 30.4 Å². The molecule has 11 heteroatoms. The number of nitrogens with one attached hydrogen (secondary N) is 2. The summed E-state index contributed by atoms with van der Waals surface area (Å²) >= 11 is 7.60. The Bertz CT molecular complexity index is 1400. The van der Waals surface area contributed by atoms with Crippen LogP contribution in [0.4, 0.5) is 16.2 Å². The Morgan fingerprint density at radius 2 is 2.00 bits per heavy atom. The molecule has 2 aromatic carbocycles. The lowest BCUT2D eigenvalue weighted by Crippen LogP contribution is -2.35. The van der Waals surface area contributed by atoms with Gasteiger partial charge in [-0.2, -0.15) is 0 Å². The number of aromatic nitrogens is 2. The average molecular weight is 487 g/mol. The second-order valence-electron chi connectivity index (χ2n) is 7.83. The minimum Gasteiger partial charge on any atom is -0.444 e. The fourth-order valence-electron chi connectivity index (χ4n) is 4.06. The zero-order chi connectivity index (χ0) is 23.1. The van der Waals surface area contributed by atoms with Gasteiger partial charge in [-0.25, -0.2) is 9.59 Å². The standard InChI is InChI=1S/C22H19ClN4O5S/c23-14-4-1-5-15-19(14)20(29)26(21(30)25-15)8-2-3-13-10-27(22(31)32-13)12-6-7-17-16(9-12)24-18(28)11-33-17/h1,4-7,9,13H,2-3,8,10-11H2,(H,24,28)(H,25,30). The Morgan fingerprint density at radius 3 is 2.85 bits per heavy atom. The molecule has 1 fully saturated rings. The zero-order valence-electron chi connectivity index (χ0n) is 17.3. The highest BCUT2D eigenvalue weighted by Crippen LogP contribution is 2.35. The van der Waals surface area contributed by atoms with Gasteiger partial charge in [-0.05, 0) is 43.2 Å². The number of aromatic amines is 1. The van der Waals surface area contributed by atoms with E-state index in [2.05, 4.69) is 10.3 Å². The molecule has 170 valence electrons. The van der Waals surface area contributed by atoms with Gasteiger partial charge in [0, 0.05) is 17.1 Å². The van der Waals surface area contributed by atoms with Gasteiger partial charge in [0.2, 0.25) is 5.91 Å². The number of carbonyl (C=O) groups is 2. The van der Waals surface area contributed by atoms with E-state index in [-0.39, 0.29) is 29.0 Å². The number of ether oxygens (including phenoxy) is 1. The van der Waals surface area contributed by atoms with Crippen LogP contribution in [-0.4, -0.2) is 40.0 Å². The van der Waals surface area contributed by atoms with Gasteiger partial charge in [-0.3, -0.25) is 19.1 Å². The SMILES string of the molecule is O=C1CSc2ccc(N3CC(CCCn4c(=O)[nH]c5cccc(Cl)c5c4=O)OC3=O)cc2N1. The number of hydrogen-bond acceptors (Lipinski definition) is 6. The number of hydrogen-bond donors (Lipinski definition) is 2. The van der Waals surface area contributed by atoms with E-state index in [1.165, 1.54) is 16.7 Å². The van der Waals surface area contributed by atoms with Crippen LogP contribution in [0.3, 0.4) is 0 Å². The van der Waals surface area contributed by atoms with Crippen LogP contribution in [0, 0.1) is 0 Å². The number of benzene rings is 2. The van der Waals surface area contributed by atoms with Gasteiger partial charge in [0.05, 0.1) is 33.9 Å². The van der Waals surface area contributed by atoms with E-state index in [9.17, 15) is 19.2 Å². The average Bonchev–Trinajstić information content (AvgIpc) is 3.15. The van der Waals surface area contributed by atoms with E-state index in [0.717, 1.165) is 9.46 Å². The fraction of sp³-hybridized carbons (Fsp3) is 0.273. The van der Waals surface area contributed by atoms with Crippen LogP contribution >= 0.6 is 23.4 Å². The highest BCUT2D eigenvalue weighted by molar-refractivity contribution is 8.00. The third-order valence-electron chi connectivity index (χ3n) is 5.65. The van der Waals surface area contributed by atoms with Crippen LogP contribution in [0.15, 0.2) is 50.9 Å². The molecule has 0 spiro atoms. The Balaban J connectivity index is 1.26. The van der Waals surface area contributed by atoms with E-state index in [0.29, 0.717) is 42.0 Å². The number of H-pyrrole nitrogens is 1. The molecule has 0 bridgehead atoms. The molecule has 1 saturated heterocycles. The number of thioether (sulfide) groups is 1. The lowest BCUT2D eigenvalue weighted by atomic mass is 10.2. The summed E-state index contributed by atoms with van der Waals surface area (Å²) in [5, 5.41) is 3.37. The first-order chi connectivity index (χ1) is 15.9. The predicted octanol–water partition coefficient (Wildman–Crippen LogP) is 3.19. The van der Waals surface area contributed by atoms with E-state index in [1.807, 2.05) is 12.1 Å². The Kier molecular flexibility index (Phi) is 5.63. The van der Waals surface area contributed by atoms with Crippen molar-refractivity contribution in [2.24, 2.45) is 0 Å². The Morgan fingerprint density at radius 1 is 1.15 bits per heavy atom. The maximum absolute atomic E-state index is 12.8. The van der Waals surface area contributed by atoms with Gasteiger partial charge in [-0.1, -0.05) is 17.7 Å². The van der Waals surface area contributed by atoms with Crippen LogP contribution in [0.25, 0.3) is 10.9 Å². The summed E-state index contributed by atoms with van der Waals surface area (Å²) in [5.74, 6) is 0.293. The van der Waals surface area contributed by atoms with Crippen LogP contribution in [0.5, 0.6) is 0 Å². The summed E-state index contributed by atoms with van der Waals surface area (Å²) in [4.78, 5) is 54.4. The largest absolute Gasteiger partial charge is 0.444 e. The van der Waals surface area contributed by atoms with E-state index < -0.39 is 17.3 Å². The molecule has 1 unspecified atom stereocenters. The van der Waals surface area contributed by atoms with Gasteiger partial charge >= 0.3 is 11.8 Å². The highest BCUT2D eigenvalue weighted by atomic mass is 35.5. The molecule has 0 aliphatic carbocycles. The number of amides is 2.